The summed E-state index contributed by atoms with van der Waals surface area (Å²) in [5.74, 6) is 1.57. The lowest BCUT2D eigenvalue weighted by Gasteiger charge is -2.09. The lowest BCUT2D eigenvalue weighted by molar-refractivity contribution is 0.415. The smallest absolute Gasteiger partial charge is 0.336 e. The SMILES string of the molecule is COc1ccc(-c2ccc3c(-c4ccc(OC)cc4)cc(=O)oc3c2)cc1. The Morgan fingerprint density at radius 1 is 0.667 bits per heavy atom. The molecule has 0 aliphatic rings. The molecule has 0 atom stereocenters. The molecule has 27 heavy (non-hydrogen) atoms. The first-order valence-electron chi connectivity index (χ1n) is 8.55. The van der Waals surface area contributed by atoms with E-state index in [1.807, 2.05) is 66.7 Å². The van der Waals surface area contributed by atoms with Gasteiger partial charge >= 0.3 is 5.63 Å². The maximum absolute atomic E-state index is 12.1. The lowest BCUT2D eigenvalue weighted by Crippen LogP contribution is -1.98. The molecule has 4 heteroatoms. The van der Waals surface area contributed by atoms with Crippen molar-refractivity contribution in [2.45, 2.75) is 0 Å². The molecule has 0 amide bonds. The minimum Gasteiger partial charge on any atom is -0.497 e. The molecule has 4 aromatic rings. The topological polar surface area (TPSA) is 48.7 Å². The second kappa shape index (κ2) is 7.00. The maximum atomic E-state index is 12.1. The van der Waals surface area contributed by atoms with Crippen molar-refractivity contribution in [2.24, 2.45) is 0 Å². The molecule has 0 saturated carbocycles. The third kappa shape index (κ3) is 3.29. The minimum absolute atomic E-state index is 0.375. The van der Waals surface area contributed by atoms with Crippen molar-refractivity contribution in [3.63, 3.8) is 0 Å². The van der Waals surface area contributed by atoms with Crippen LogP contribution in [0.4, 0.5) is 0 Å². The highest BCUT2D eigenvalue weighted by Crippen LogP contribution is 2.32. The Bertz CT molecular complexity index is 1140. The van der Waals surface area contributed by atoms with Gasteiger partial charge in [0.25, 0.3) is 0 Å². The van der Waals surface area contributed by atoms with E-state index in [0.717, 1.165) is 39.1 Å². The molecule has 0 bridgehead atoms. The Balaban J connectivity index is 1.83. The van der Waals surface area contributed by atoms with Crippen molar-refractivity contribution in [3.8, 4) is 33.8 Å². The van der Waals surface area contributed by atoms with E-state index < -0.39 is 0 Å². The van der Waals surface area contributed by atoms with Crippen molar-refractivity contribution in [3.05, 3.63) is 83.2 Å². The van der Waals surface area contributed by atoms with Gasteiger partial charge in [0.15, 0.2) is 0 Å². The molecule has 3 aromatic carbocycles. The van der Waals surface area contributed by atoms with Gasteiger partial charge in [-0.15, -0.1) is 0 Å². The molecule has 0 spiro atoms. The van der Waals surface area contributed by atoms with Gasteiger partial charge in [-0.05, 0) is 58.7 Å². The Hall–Kier alpha value is -3.53. The number of methoxy groups -OCH3 is 2. The quantitative estimate of drug-likeness (QED) is 0.474. The zero-order valence-electron chi connectivity index (χ0n) is 15.1. The highest BCUT2D eigenvalue weighted by atomic mass is 16.5. The van der Waals surface area contributed by atoms with Crippen molar-refractivity contribution in [1.82, 2.24) is 0 Å². The van der Waals surface area contributed by atoms with E-state index >= 15 is 0 Å². The summed E-state index contributed by atoms with van der Waals surface area (Å²) in [6.07, 6.45) is 0. The summed E-state index contributed by atoms with van der Waals surface area (Å²) in [7, 11) is 3.27. The molecular formula is C23H18O4. The molecule has 4 rings (SSSR count). The van der Waals surface area contributed by atoms with E-state index in [4.69, 9.17) is 13.9 Å². The largest absolute Gasteiger partial charge is 0.497 e. The average molecular weight is 358 g/mol. The highest BCUT2D eigenvalue weighted by Gasteiger charge is 2.10. The molecule has 0 unspecified atom stereocenters. The standard InChI is InChI=1S/C23H18O4/c1-25-18-8-3-15(4-9-18)17-7-12-20-21(14-23(24)27-22(20)13-17)16-5-10-19(26-2)11-6-16/h3-14H,1-2H3. The fourth-order valence-corrected chi connectivity index (χ4v) is 3.14. The van der Waals surface area contributed by atoms with Crippen LogP contribution in [0, 0.1) is 0 Å². The minimum atomic E-state index is -0.375. The van der Waals surface area contributed by atoms with Gasteiger partial charge in [0, 0.05) is 11.5 Å². The fraction of sp³-hybridized carbons (Fsp3) is 0.0870. The normalized spacial score (nSPS) is 10.7. The summed E-state index contributed by atoms with van der Waals surface area (Å²) in [4.78, 5) is 12.1. The van der Waals surface area contributed by atoms with Gasteiger partial charge < -0.3 is 13.9 Å². The van der Waals surface area contributed by atoms with Crippen LogP contribution in [-0.4, -0.2) is 14.2 Å². The zero-order chi connectivity index (χ0) is 18.8. The zero-order valence-corrected chi connectivity index (χ0v) is 15.1. The van der Waals surface area contributed by atoms with Crippen molar-refractivity contribution < 1.29 is 13.9 Å². The van der Waals surface area contributed by atoms with Crippen LogP contribution in [0.2, 0.25) is 0 Å². The van der Waals surface area contributed by atoms with Crippen LogP contribution in [0.1, 0.15) is 0 Å². The van der Waals surface area contributed by atoms with Gasteiger partial charge in [0.2, 0.25) is 0 Å². The van der Waals surface area contributed by atoms with Crippen LogP contribution in [-0.2, 0) is 0 Å². The lowest BCUT2D eigenvalue weighted by atomic mass is 9.98. The van der Waals surface area contributed by atoms with Crippen LogP contribution in [0.5, 0.6) is 11.5 Å². The van der Waals surface area contributed by atoms with Gasteiger partial charge in [-0.3, -0.25) is 0 Å². The third-order valence-electron chi connectivity index (χ3n) is 4.57. The van der Waals surface area contributed by atoms with Gasteiger partial charge in [-0.2, -0.15) is 0 Å². The van der Waals surface area contributed by atoms with E-state index in [9.17, 15) is 4.79 Å². The number of hydrogen-bond donors (Lipinski definition) is 0. The van der Waals surface area contributed by atoms with Gasteiger partial charge in [-0.1, -0.05) is 30.3 Å². The van der Waals surface area contributed by atoms with Crippen LogP contribution >= 0.6 is 0 Å². The summed E-state index contributed by atoms with van der Waals surface area (Å²) in [5, 5.41) is 0.886. The molecule has 1 aromatic heterocycles. The first kappa shape index (κ1) is 16.9. The van der Waals surface area contributed by atoms with E-state index in [0.29, 0.717) is 5.58 Å². The Kier molecular flexibility index (Phi) is 4.38. The number of ether oxygens (including phenoxy) is 2. The molecule has 1 heterocycles. The molecule has 4 nitrogen and oxygen atoms in total. The Morgan fingerprint density at radius 3 is 1.81 bits per heavy atom. The van der Waals surface area contributed by atoms with Crippen LogP contribution in [0.15, 0.2) is 82.0 Å². The van der Waals surface area contributed by atoms with E-state index in [1.54, 1.807) is 14.2 Å². The number of rotatable bonds is 4. The number of benzene rings is 3. The summed E-state index contributed by atoms with van der Waals surface area (Å²) in [5.41, 5.74) is 3.95. The molecule has 0 radical (unpaired) electrons. The van der Waals surface area contributed by atoms with E-state index in [2.05, 4.69) is 0 Å². The maximum Gasteiger partial charge on any atom is 0.336 e. The van der Waals surface area contributed by atoms with Gasteiger partial charge in [-0.25, -0.2) is 4.79 Å². The average Bonchev–Trinajstić information content (AvgIpc) is 2.73. The molecule has 134 valence electrons. The monoisotopic (exact) mass is 358 g/mol. The summed E-state index contributed by atoms with van der Waals surface area (Å²) >= 11 is 0. The van der Waals surface area contributed by atoms with E-state index in [-0.39, 0.29) is 5.63 Å². The number of hydrogen-bond acceptors (Lipinski definition) is 4. The van der Waals surface area contributed by atoms with E-state index in [1.165, 1.54) is 6.07 Å². The van der Waals surface area contributed by atoms with Crippen molar-refractivity contribution in [2.75, 3.05) is 14.2 Å². The first-order chi connectivity index (χ1) is 13.2. The second-order valence-electron chi connectivity index (χ2n) is 6.15. The molecule has 0 saturated heterocycles. The molecule has 0 aliphatic heterocycles. The highest BCUT2D eigenvalue weighted by molar-refractivity contribution is 5.95. The Labute approximate surface area is 156 Å². The first-order valence-corrected chi connectivity index (χ1v) is 8.55. The number of fused-ring (bicyclic) bond motifs is 1. The fourth-order valence-electron chi connectivity index (χ4n) is 3.14. The molecule has 0 fully saturated rings. The summed E-state index contributed by atoms with van der Waals surface area (Å²) < 4.78 is 15.9. The van der Waals surface area contributed by atoms with Crippen molar-refractivity contribution in [1.29, 1.82) is 0 Å². The van der Waals surface area contributed by atoms with Crippen molar-refractivity contribution >= 4 is 11.0 Å². The van der Waals surface area contributed by atoms with Crippen LogP contribution < -0.4 is 15.1 Å². The summed E-state index contributed by atoms with van der Waals surface area (Å²) in [6, 6.07) is 22.8. The predicted octanol–water partition coefficient (Wildman–Crippen LogP) is 5.14. The predicted molar refractivity (Wildman–Crippen MR) is 106 cm³/mol. The van der Waals surface area contributed by atoms with Gasteiger partial charge in [0.05, 0.1) is 14.2 Å². The summed E-state index contributed by atoms with van der Waals surface area (Å²) in [6.45, 7) is 0. The molecule has 0 aliphatic carbocycles. The van der Waals surface area contributed by atoms with Crippen LogP contribution in [0.3, 0.4) is 0 Å². The Morgan fingerprint density at radius 2 is 1.22 bits per heavy atom. The van der Waals surface area contributed by atoms with Gasteiger partial charge in [0.1, 0.15) is 17.1 Å². The molecular weight excluding hydrogens is 340 g/mol. The third-order valence-corrected chi connectivity index (χ3v) is 4.57. The molecule has 0 N–H and O–H groups in total. The van der Waals surface area contributed by atoms with Crippen LogP contribution in [0.25, 0.3) is 33.2 Å². The second-order valence-corrected chi connectivity index (χ2v) is 6.15.